The van der Waals surface area contributed by atoms with Gasteiger partial charge < -0.3 is 29.7 Å². The number of rotatable bonds is 9. The zero-order chi connectivity index (χ0) is 44.1. The van der Waals surface area contributed by atoms with Crippen molar-refractivity contribution in [2.75, 3.05) is 13.7 Å². The summed E-state index contributed by atoms with van der Waals surface area (Å²) < 4.78 is 46.5. The maximum atomic E-state index is 15.2. The van der Waals surface area contributed by atoms with Crippen molar-refractivity contribution in [3.05, 3.63) is 23.9 Å². The molecule has 7 rings (SSSR count). The largest absolute Gasteiger partial charge is 0.497 e. The Balaban J connectivity index is 1.28. The SMILES string of the molecule is CCC[C@@H]1C[C@]1(NC(=O)[C@@H]1[C@H](CC)[C@@H]2CN1C(=O)[C@H](C(C)(C)C)NC(=O)O[C@]1(C)CCC[C@H]1CCCCCc1nc3ccc(OC)cc3nc1O2)C(=O)NS(=O)(=O)C1(C)CC1. The smallest absolute Gasteiger partial charge is 0.408 e. The van der Waals surface area contributed by atoms with Crippen LogP contribution >= 0.6 is 0 Å². The molecule has 15 nitrogen and oxygen atoms in total. The zero-order valence-electron chi connectivity index (χ0n) is 37.2. The third kappa shape index (κ3) is 8.88. The molecular formula is C45H66N6O9S. The van der Waals surface area contributed by atoms with Gasteiger partial charge in [0.25, 0.3) is 5.91 Å². The molecule has 336 valence electrons. The minimum Gasteiger partial charge on any atom is -0.497 e. The Morgan fingerprint density at radius 3 is 2.43 bits per heavy atom. The molecule has 0 unspecified atom stereocenters. The molecule has 5 aliphatic rings. The minimum atomic E-state index is -4.00. The topological polar surface area (TPSA) is 195 Å². The number of nitrogens with zero attached hydrogens (tertiary/aromatic N) is 3. The van der Waals surface area contributed by atoms with Crippen molar-refractivity contribution in [3.63, 3.8) is 0 Å². The van der Waals surface area contributed by atoms with Crippen LogP contribution in [0.4, 0.5) is 4.79 Å². The Kier molecular flexibility index (Phi) is 12.4. The van der Waals surface area contributed by atoms with Gasteiger partial charge in [-0.3, -0.25) is 19.1 Å². The maximum Gasteiger partial charge on any atom is 0.408 e. The van der Waals surface area contributed by atoms with Crippen molar-refractivity contribution >= 4 is 44.9 Å². The molecule has 1 aromatic heterocycles. The first kappa shape index (κ1) is 44.8. The molecule has 0 radical (unpaired) electrons. The van der Waals surface area contributed by atoms with E-state index in [1.54, 1.807) is 20.1 Å². The Labute approximate surface area is 360 Å². The van der Waals surface area contributed by atoms with Gasteiger partial charge in [-0.05, 0) is 114 Å². The molecule has 4 fully saturated rings. The molecule has 2 bridgehead atoms. The molecular weight excluding hydrogens is 801 g/mol. The molecule has 1 aromatic carbocycles. The Morgan fingerprint density at radius 1 is 1.02 bits per heavy atom. The molecule has 1 saturated heterocycles. The van der Waals surface area contributed by atoms with Crippen LogP contribution in [0.1, 0.15) is 138 Å². The summed E-state index contributed by atoms with van der Waals surface area (Å²) in [5.74, 6) is -1.65. The van der Waals surface area contributed by atoms with Gasteiger partial charge in [0, 0.05) is 12.0 Å². The number of alkyl carbamates (subject to hydrolysis) is 1. The fourth-order valence-corrected chi connectivity index (χ4v) is 11.4. The molecule has 3 saturated carbocycles. The van der Waals surface area contributed by atoms with Crippen molar-refractivity contribution < 1.29 is 41.8 Å². The summed E-state index contributed by atoms with van der Waals surface area (Å²) in [6.07, 6.45) is 8.21. The van der Waals surface area contributed by atoms with Gasteiger partial charge in [0.1, 0.15) is 40.8 Å². The summed E-state index contributed by atoms with van der Waals surface area (Å²) in [6.45, 7) is 13.0. The highest BCUT2D eigenvalue weighted by molar-refractivity contribution is 7.91. The van der Waals surface area contributed by atoms with E-state index in [9.17, 15) is 18.0 Å². The number of hydrogen-bond acceptors (Lipinski definition) is 11. The highest BCUT2D eigenvalue weighted by atomic mass is 32.2. The maximum absolute atomic E-state index is 15.2. The van der Waals surface area contributed by atoms with E-state index in [1.165, 1.54) is 4.90 Å². The molecule has 2 aromatic rings. The van der Waals surface area contributed by atoms with E-state index in [-0.39, 0.29) is 24.8 Å². The highest BCUT2D eigenvalue weighted by Crippen LogP contribution is 2.49. The normalized spacial score (nSPS) is 31.6. The molecule has 3 N–H and O–H groups in total. The van der Waals surface area contributed by atoms with Crippen LogP contribution in [0.15, 0.2) is 18.2 Å². The second kappa shape index (κ2) is 16.8. The lowest BCUT2D eigenvalue weighted by Gasteiger charge is -2.37. The van der Waals surface area contributed by atoms with E-state index in [0.717, 1.165) is 51.4 Å². The van der Waals surface area contributed by atoms with Crippen LogP contribution in [-0.4, -0.2) is 94.8 Å². The average molecular weight is 867 g/mol. The van der Waals surface area contributed by atoms with Gasteiger partial charge in [-0.15, -0.1) is 0 Å². The number of aryl methyl sites for hydroxylation is 1. The molecule has 61 heavy (non-hydrogen) atoms. The molecule has 8 atom stereocenters. The van der Waals surface area contributed by atoms with Gasteiger partial charge in [-0.25, -0.2) is 23.2 Å². The van der Waals surface area contributed by atoms with Crippen molar-refractivity contribution in [1.29, 1.82) is 0 Å². The second-order valence-electron chi connectivity index (χ2n) is 19.9. The summed E-state index contributed by atoms with van der Waals surface area (Å²) in [5, 5.41) is 5.94. The van der Waals surface area contributed by atoms with Crippen LogP contribution in [0.5, 0.6) is 11.6 Å². The van der Waals surface area contributed by atoms with E-state index in [0.29, 0.717) is 60.5 Å². The highest BCUT2D eigenvalue weighted by Gasteiger charge is 2.64. The average Bonchev–Trinajstić information content (AvgIpc) is 4.04. The number of nitrogens with one attached hydrogen (secondary N) is 3. The third-order valence-electron chi connectivity index (χ3n) is 14.4. The zero-order valence-corrected chi connectivity index (χ0v) is 38.0. The van der Waals surface area contributed by atoms with Gasteiger partial charge >= 0.3 is 6.09 Å². The fraction of sp³-hybridized carbons (Fsp3) is 0.733. The van der Waals surface area contributed by atoms with Crippen LogP contribution in [0.25, 0.3) is 11.0 Å². The molecule has 3 heterocycles. The van der Waals surface area contributed by atoms with Gasteiger partial charge in [-0.1, -0.05) is 53.9 Å². The van der Waals surface area contributed by atoms with Crippen molar-refractivity contribution in [1.82, 2.24) is 30.2 Å². The van der Waals surface area contributed by atoms with Crippen molar-refractivity contribution in [3.8, 4) is 11.6 Å². The number of aromatic nitrogens is 2. The Bertz CT molecular complexity index is 2140. The lowest BCUT2D eigenvalue weighted by atomic mass is 9.85. The lowest BCUT2D eigenvalue weighted by molar-refractivity contribution is -0.144. The first-order valence-electron chi connectivity index (χ1n) is 22.5. The summed E-state index contributed by atoms with van der Waals surface area (Å²) in [4.78, 5) is 69.6. The van der Waals surface area contributed by atoms with Gasteiger partial charge in [0.05, 0.1) is 29.4 Å². The minimum absolute atomic E-state index is 0.0277. The Hall–Kier alpha value is -4.21. The lowest BCUT2D eigenvalue weighted by Crippen LogP contribution is -2.61. The van der Waals surface area contributed by atoms with Crippen LogP contribution in [0, 0.1) is 23.2 Å². The van der Waals surface area contributed by atoms with Gasteiger partial charge in [0.15, 0.2) is 0 Å². The number of carbonyl (C=O) groups is 4. The van der Waals surface area contributed by atoms with Crippen molar-refractivity contribution in [2.45, 2.75) is 172 Å². The van der Waals surface area contributed by atoms with Crippen LogP contribution in [-0.2, 0) is 35.6 Å². The van der Waals surface area contributed by atoms with E-state index in [1.807, 2.05) is 53.7 Å². The number of benzene rings is 1. The fourth-order valence-electron chi connectivity index (χ4n) is 10.0. The number of hydrogen-bond donors (Lipinski definition) is 3. The predicted octanol–water partition coefficient (Wildman–Crippen LogP) is 6.11. The quantitative estimate of drug-likeness (QED) is 0.263. The third-order valence-corrected chi connectivity index (χ3v) is 16.5. The Morgan fingerprint density at radius 2 is 1.75 bits per heavy atom. The summed E-state index contributed by atoms with van der Waals surface area (Å²) >= 11 is 0. The number of amides is 4. The molecule has 4 amide bonds. The van der Waals surface area contributed by atoms with E-state index >= 15 is 9.59 Å². The first-order valence-corrected chi connectivity index (χ1v) is 24.0. The van der Waals surface area contributed by atoms with E-state index in [2.05, 4.69) is 15.4 Å². The van der Waals surface area contributed by atoms with Crippen LogP contribution < -0.4 is 24.8 Å². The number of ether oxygens (including phenoxy) is 3. The second-order valence-corrected chi connectivity index (χ2v) is 22.1. The monoisotopic (exact) mass is 866 g/mol. The number of sulfonamides is 1. The summed E-state index contributed by atoms with van der Waals surface area (Å²) in [7, 11) is -2.41. The van der Waals surface area contributed by atoms with E-state index in [4.69, 9.17) is 24.2 Å². The summed E-state index contributed by atoms with van der Waals surface area (Å²) in [6, 6.07) is 3.25. The number of methoxy groups -OCH3 is 1. The van der Waals surface area contributed by atoms with Crippen LogP contribution in [0.2, 0.25) is 0 Å². The number of fused-ring (bicyclic) bond motifs is 5. The standard InChI is InChI=1S/C45H66N6O9S/c1-9-15-28-25-45(28,40(54)50-61(56,57)43(6)22-23-43)49-37(52)35-30(10-2)34-26-51(35)39(53)36(42(3,4)5)48-41(55)60-44(7)21-14-17-27(44)16-12-11-13-18-32-38(59-34)47-33-24-29(58-8)19-20-31(33)46-32/h19-20,24,27-28,30,34-36H,9-18,21-23,25-26H2,1-8H3,(H,48,55)(H,49,52)(H,50,54)/t27-,28-,30-,34+,35+,36-,44-,45-/m1/s1. The van der Waals surface area contributed by atoms with Crippen LogP contribution in [0.3, 0.4) is 0 Å². The molecule has 16 heteroatoms. The number of carbonyl (C=O) groups excluding carboxylic acids is 4. The van der Waals surface area contributed by atoms with Crippen molar-refractivity contribution in [2.24, 2.45) is 23.2 Å². The van der Waals surface area contributed by atoms with E-state index < -0.39 is 79.2 Å². The molecule has 2 aliphatic heterocycles. The van der Waals surface area contributed by atoms with Gasteiger partial charge in [0.2, 0.25) is 27.7 Å². The summed E-state index contributed by atoms with van der Waals surface area (Å²) in [5.41, 5.74) is -1.05. The predicted molar refractivity (Wildman–Crippen MR) is 229 cm³/mol. The molecule has 0 spiro atoms. The first-order chi connectivity index (χ1) is 28.8. The van der Waals surface area contributed by atoms with Gasteiger partial charge in [-0.2, -0.15) is 0 Å². The molecule has 3 aliphatic carbocycles.